The van der Waals surface area contributed by atoms with Crippen LogP contribution in [0, 0.1) is 12.7 Å². The minimum absolute atomic E-state index is 0.155. The zero-order valence-electron chi connectivity index (χ0n) is 13.8. The molecule has 1 aliphatic carbocycles. The molecule has 24 heavy (non-hydrogen) atoms. The van der Waals surface area contributed by atoms with Crippen molar-refractivity contribution in [2.75, 3.05) is 7.11 Å². The Kier molecular flexibility index (Phi) is 4.51. The normalized spacial score (nSPS) is 16.6. The molecule has 3 rings (SSSR count). The minimum atomic E-state index is -0.690. The average Bonchev–Trinajstić information content (AvgIpc) is 3.03. The largest absolute Gasteiger partial charge is 0.496 e. The third kappa shape index (κ3) is 3.11. The van der Waals surface area contributed by atoms with Gasteiger partial charge in [0.2, 0.25) is 5.89 Å². The molecule has 1 fully saturated rings. The Balaban J connectivity index is 1.93. The average molecular weight is 333 g/mol. The van der Waals surface area contributed by atoms with Crippen LogP contribution in [-0.4, -0.2) is 23.2 Å². The highest BCUT2D eigenvalue weighted by Crippen LogP contribution is 2.36. The van der Waals surface area contributed by atoms with Gasteiger partial charge >= 0.3 is 0 Å². The van der Waals surface area contributed by atoms with Crippen molar-refractivity contribution in [3.05, 3.63) is 41.3 Å². The first-order valence-corrected chi connectivity index (χ1v) is 8.01. The van der Waals surface area contributed by atoms with Gasteiger partial charge in [-0.25, -0.2) is 4.39 Å². The van der Waals surface area contributed by atoms with E-state index in [4.69, 9.17) is 9.26 Å². The predicted octanol–water partition coefficient (Wildman–Crippen LogP) is 3.12. The molecule has 1 amide bonds. The maximum absolute atomic E-state index is 13.6. The molecule has 0 aliphatic heterocycles. The van der Waals surface area contributed by atoms with Gasteiger partial charge in [0.05, 0.1) is 12.7 Å². The van der Waals surface area contributed by atoms with Crippen molar-refractivity contribution >= 4 is 5.91 Å². The lowest BCUT2D eigenvalue weighted by Gasteiger charge is -2.35. The van der Waals surface area contributed by atoms with Crippen molar-refractivity contribution in [2.24, 2.45) is 0 Å². The van der Waals surface area contributed by atoms with Crippen LogP contribution < -0.4 is 10.1 Å². The predicted molar refractivity (Wildman–Crippen MR) is 84.2 cm³/mol. The highest BCUT2D eigenvalue weighted by atomic mass is 19.1. The Morgan fingerprint density at radius 2 is 2.08 bits per heavy atom. The van der Waals surface area contributed by atoms with E-state index in [2.05, 4.69) is 15.5 Å². The summed E-state index contributed by atoms with van der Waals surface area (Å²) in [6.07, 6.45) is 4.44. The minimum Gasteiger partial charge on any atom is -0.496 e. The topological polar surface area (TPSA) is 77.2 Å². The number of rotatable bonds is 4. The van der Waals surface area contributed by atoms with Crippen LogP contribution in [0.5, 0.6) is 5.75 Å². The number of benzene rings is 1. The lowest BCUT2D eigenvalue weighted by atomic mass is 9.80. The van der Waals surface area contributed by atoms with Crippen LogP contribution in [0.1, 0.15) is 54.2 Å². The van der Waals surface area contributed by atoms with Crippen LogP contribution >= 0.6 is 0 Å². The molecule has 7 heteroatoms. The van der Waals surface area contributed by atoms with E-state index >= 15 is 0 Å². The second-order valence-electron chi connectivity index (χ2n) is 6.08. The molecule has 1 N–H and O–H groups in total. The standard InChI is InChI=1S/C17H20FN3O3/c1-11-19-16(21-24-11)17(8-4-3-5-9-17)20-15(22)13-10-12(18)6-7-14(13)23-2/h6-7,10H,3-5,8-9H2,1-2H3,(H,20,22). The number of nitrogens with zero attached hydrogens (tertiary/aromatic N) is 2. The van der Waals surface area contributed by atoms with E-state index in [1.54, 1.807) is 6.92 Å². The molecular weight excluding hydrogens is 313 g/mol. The van der Waals surface area contributed by atoms with Gasteiger partial charge in [0.15, 0.2) is 5.82 Å². The van der Waals surface area contributed by atoms with Gasteiger partial charge in [-0.3, -0.25) is 4.79 Å². The summed E-state index contributed by atoms with van der Waals surface area (Å²) in [7, 11) is 1.45. The lowest BCUT2D eigenvalue weighted by Crippen LogP contribution is -2.48. The molecule has 0 saturated heterocycles. The van der Waals surface area contributed by atoms with Crippen LogP contribution in [-0.2, 0) is 5.54 Å². The summed E-state index contributed by atoms with van der Waals surface area (Å²) in [6.45, 7) is 1.71. The maximum atomic E-state index is 13.6. The van der Waals surface area contributed by atoms with Gasteiger partial charge < -0.3 is 14.6 Å². The monoisotopic (exact) mass is 333 g/mol. The molecule has 1 saturated carbocycles. The second kappa shape index (κ2) is 6.59. The van der Waals surface area contributed by atoms with Gasteiger partial charge in [-0.2, -0.15) is 4.98 Å². The number of carbonyl (C=O) groups excluding carboxylic acids is 1. The maximum Gasteiger partial charge on any atom is 0.255 e. The number of aryl methyl sites for hydroxylation is 1. The highest BCUT2D eigenvalue weighted by molar-refractivity contribution is 5.97. The molecular formula is C17H20FN3O3. The van der Waals surface area contributed by atoms with Crippen LogP contribution in [0.4, 0.5) is 4.39 Å². The Morgan fingerprint density at radius 1 is 1.33 bits per heavy atom. The number of hydrogen-bond acceptors (Lipinski definition) is 5. The molecule has 1 aromatic carbocycles. The molecule has 2 aromatic rings. The van der Waals surface area contributed by atoms with Gasteiger partial charge in [-0.05, 0) is 31.0 Å². The molecule has 1 aromatic heterocycles. The van der Waals surface area contributed by atoms with Crippen LogP contribution in [0.25, 0.3) is 0 Å². The molecule has 0 unspecified atom stereocenters. The first-order valence-electron chi connectivity index (χ1n) is 8.01. The van der Waals surface area contributed by atoms with Gasteiger partial charge in [0.1, 0.15) is 17.1 Å². The van der Waals surface area contributed by atoms with Crippen molar-refractivity contribution in [1.82, 2.24) is 15.5 Å². The van der Waals surface area contributed by atoms with Crippen LogP contribution in [0.2, 0.25) is 0 Å². The fraction of sp³-hybridized carbons (Fsp3) is 0.471. The second-order valence-corrected chi connectivity index (χ2v) is 6.08. The Morgan fingerprint density at radius 3 is 2.71 bits per heavy atom. The van der Waals surface area contributed by atoms with Gasteiger partial charge in [0.25, 0.3) is 5.91 Å². The van der Waals surface area contributed by atoms with E-state index in [9.17, 15) is 9.18 Å². The van der Waals surface area contributed by atoms with Crippen LogP contribution in [0.3, 0.4) is 0 Å². The quantitative estimate of drug-likeness (QED) is 0.930. The van der Waals surface area contributed by atoms with Gasteiger partial charge in [0, 0.05) is 6.92 Å². The Bertz CT molecular complexity index is 738. The molecule has 6 nitrogen and oxygen atoms in total. The smallest absolute Gasteiger partial charge is 0.255 e. The molecule has 0 atom stereocenters. The van der Waals surface area contributed by atoms with Crippen molar-refractivity contribution in [3.8, 4) is 5.75 Å². The van der Waals surface area contributed by atoms with E-state index in [1.807, 2.05) is 0 Å². The summed E-state index contributed by atoms with van der Waals surface area (Å²) in [5.74, 6) is 0.352. The summed E-state index contributed by atoms with van der Waals surface area (Å²) in [6, 6.07) is 3.87. The number of methoxy groups -OCH3 is 1. The van der Waals surface area contributed by atoms with Crippen molar-refractivity contribution in [1.29, 1.82) is 0 Å². The van der Waals surface area contributed by atoms with E-state index < -0.39 is 17.3 Å². The fourth-order valence-electron chi connectivity index (χ4n) is 3.20. The van der Waals surface area contributed by atoms with Crippen molar-refractivity contribution < 1.29 is 18.4 Å². The fourth-order valence-corrected chi connectivity index (χ4v) is 3.20. The van der Waals surface area contributed by atoms with E-state index in [-0.39, 0.29) is 5.56 Å². The number of hydrogen-bond donors (Lipinski definition) is 1. The number of aromatic nitrogens is 2. The number of ether oxygens (including phenoxy) is 1. The third-order valence-corrected chi connectivity index (χ3v) is 4.42. The lowest BCUT2D eigenvalue weighted by molar-refractivity contribution is 0.0852. The summed E-state index contributed by atoms with van der Waals surface area (Å²) < 4.78 is 23.8. The Hall–Kier alpha value is -2.44. The molecule has 1 heterocycles. The van der Waals surface area contributed by atoms with Crippen LogP contribution in [0.15, 0.2) is 22.7 Å². The molecule has 0 spiro atoms. The van der Waals surface area contributed by atoms with Crippen molar-refractivity contribution in [3.63, 3.8) is 0 Å². The first-order chi connectivity index (χ1) is 11.5. The number of carbonyl (C=O) groups is 1. The molecule has 0 bridgehead atoms. The van der Waals surface area contributed by atoms with Gasteiger partial charge in [-0.15, -0.1) is 0 Å². The highest BCUT2D eigenvalue weighted by Gasteiger charge is 2.40. The molecule has 0 radical (unpaired) electrons. The summed E-state index contributed by atoms with van der Waals surface area (Å²) in [5, 5.41) is 7.02. The summed E-state index contributed by atoms with van der Waals surface area (Å²) >= 11 is 0. The number of amides is 1. The number of halogens is 1. The summed E-state index contributed by atoms with van der Waals surface area (Å²) in [5.41, 5.74) is -0.535. The third-order valence-electron chi connectivity index (χ3n) is 4.42. The molecule has 1 aliphatic rings. The zero-order chi connectivity index (χ0) is 17.2. The Labute approximate surface area is 139 Å². The van der Waals surface area contributed by atoms with E-state index in [0.29, 0.717) is 17.5 Å². The SMILES string of the molecule is COc1ccc(F)cc1C(=O)NC1(c2noc(C)n2)CCCCC1. The zero-order valence-corrected chi connectivity index (χ0v) is 13.8. The molecule has 128 valence electrons. The van der Waals surface area contributed by atoms with E-state index in [1.165, 1.54) is 25.3 Å². The number of nitrogens with one attached hydrogen (secondary N) is 1. The van der Waals surface area contributed by atoms with Gasteiger partial charge in [-0.1, -0.05) is 24.4 Å². The summed E-state index contributed by atoms with van der Waals surface area (Å²) in [4.78, 5) is 17.1. The first kappa shape index (κ1) is 16.4. The van der Waals surface area contributed by atoms with Crippen molar-refractivity contribution in [2.45, 2.75) is 44.6 Å². The van der Waals surface area contributed by atoms with E-state index in [0.717, 1.165) is 32.1 Å².